The Bertz CT molecular complexity index is 596. The monoisotopic (exact) mass is 299 g/mol. The molecule has 1 heterocycles. The van der Waals surface area contributed by atoms with Gasteiger partial charge in [0.25, 0.3) is 0 Å². The zero-order valence-electron chi connectivity index (χ0n) is 10.9. The van der Waals surface area contributed by atoms with Crippen LogP contribution in [0.3, 0.4) is 0 Å². The highest BCUT2D eigenvalue weighted by molar-refractivity contribution is 5.76. The van der Waals surface area contributed by atoms with Crippen molar-refractivity contribution in [3.63, 3.8) is 0 Å². The summed E-state index contributed by atoms with van der Waals surface area (Å²) in [6.45, 7) is -0.201. The summed E-state index contributed by atoms with van der Waals surface area (Å²) in [6.07, 6.45) is -5.63. The summed E-state index contributed by atoms with van der Waals surface area (Å²) >= 11 is 0. The van der Waals surface area contributed by atoms with Crippen molar-refractivity contribution in [3.05, 3.63) is 47.6 Å². The zero-order valence-corrected chi connectivity index (χ0v) is 10.9. The predicted molar refractivity (Wildman–Crippen MR) is 66.1 cm³/mol. The van der Waals surface area contributed by atoms with Gasteiger partial charge in [-0.25, -0.2) is 0 Å². The maximum absolute atomic E-state index is 12.0. The summed E-state index contributed by atoms with van der Waals surface area (Å²) in [5.74, 6) is -0.658. The van der Waals surface area contributed by atoms with Crippen molar-refractivity contribution in [2.75, 3.05) is 0 Å². The summed E-state index contributed by atoms with van der Waals surface area (Å²) in [5.41, 5.74) is 0.966. The fourth-order valence-electron chi connectivity index (χ4n) is 1.63. The van der Waals surface area contributed by atoms with E-state index >= 15 is 0 Å². The fraction of sp³-hybridized carbons (Fsp3) is 0.308. The summed E-state index contributed by atoms with van der Waals surface area (Å²) in [6, 6.07) is 9.37. The second-order valence-electron chi connectivity index (χ2n) is 4.34. The second-order valence-corrected chi connectivity index (χ2v) is 4.34. The molecule has 1 amide bonds. The van der Waals surface area contributed by atoms with Crippen LogP contribution in [0, 0.1) is 0 Å². The number of carbonyl (C=O) groups is 1. The molecule has 0 unspecified atom stereocenters. The molecule has 1 N–H and O–H groups in total. The van der Waals surface area contributed by atoms with Gasteiger partial charge in [-0.2, -0.15) is 18.2 Å². The van der Waals surface area contributed by atoms with Gasteiger partial charge in [0.2, 0.25) is 11.8 Å². The van der Waals surface area contributed by atoms with Gasteiger partial charge in [0.15, 0.2) is 5.82 Å². The highest BCUT2D eigenvalue weighted by atomic mass is 19.4. The smallest absolute Gasteiger partial charge is 0.348 e. The van der Waals surface area contributed by atoms with Crippen LogP contribution >= 0.6 is 0 Å². The van der Waals surface area contributed by atoms with Crippen LogP contribution in [0.1, 0.15) is 23.7 Å². The summed E-state index contributed by atoms with van der Waals surface area (Å²) < 4.78 is 40.9. The van der Waals surface area contributed by atoms with E-state index < -0.39 is 18.5 Å². The molecule has 2 aromatic rings. The van der Waals surface area contributed by atoms with E-state index in [2.05, 4.69) is 15.5 Å². The number of nitrogens with one attached hydrogen (secondary N) is 1. The first-order valence-corrected chi connectivity index (χ1v) is 6.11. The Balaban J connectivity index is 1.85. The van der Waals surface area contributed by atoms with Crippen LogP contribution < -0.4 is 5.32 Å². The van der Waals surface area contributed by atoms with Crippen LogP contribution in [-0.4, -0.2) is 22.2 Å². The van der Waals surface area contributed by atoms with Crippen LogP contribution in [0.4, 0.5) is 13.2 Å². The number of halogens is 3. The molecule has 0 aliphatic heterocycles. The van der Waals surface area contributed by atoms with Crippen LogP contribution in [-0.2, 0) is 17.8 Å². The molecule has 0 aliphatic carbocycles. The van der Waals surface area contributed by atoms with Gasteiger partial charge < -0.3 is 9.84 Å². The molecule has 8 heteroatoms. The topological polar surface area (TPSA) is 68.0 Å². The van der Waals surface area contributed by atoms with Crippen molar-refractivity contribution >= 4 is 5.91 Å². The summed E-state index contributed by atoms with van der Waals surface area (Å²) in [5, 5.41) is 5.69. The maximum Gasteiger partial charge on any atom is 0.397 e. The van der Waals surface area contributed by atoms with Crippen LogP contribution in [0.15, 0.2) is 34.9 Å². The molecular formula is C13H12F3N3O2. The Morgan fingerprint density at radius 1 is 1.24 bits per heavy atom. The number of hydrogen-bond donors (Lipinski definition) is 1. The number of benzene rings is 1. The Labute approximate surface area is 118 Å². The molecule has 5 nitrogen and oxygen atoms in total. The minimum atomic E-state index is -4.53. The molecule has 0 atom stereocenters. The number of alkyl halides is 3. The molecule has 0 saturated heterocycles. The molecule has 1 aromatic carbocycles. The Hall–Kier alpha value is -2.38. The van der Waals surface area contributed by atoms with E-state index in [1.54, 1.807) is 0 Å². The molecule has 0 bridgehead atoms. The average molecular weight is 299 g/mol. The Morgan fingerprint density at radius 3 is 2.62 bits per heavy atom. The van der Waals surface area contributed by atoms with E-state index in [0.29, 0.717) is 12.3 Å². The van der Waals surface area contributed by atoms with Gasteiger partial charge >= 0.3 is 6.18 Å². The van der Waals surface area contributed by atoms with Gasteiger partial charge in [0.1, 0.15) is 6.42 Å². The third-order valence-electron chi connectivity index (χ3n) is 2.51. The maximum atomic E-state index is 12.0. The molecular weight excluding hydrogens is 287 g/mol. The summed E-state index contributed by atoms with van der Waals surface area (Å²) in [4.78, 5) is 15.0. The number of amides is 1. The molecule has 112 valence electrons. The third kappa shape index (κ3) is 5.25. The molecule has 1 aromatic heterocycles. The standard InChI is InChI=1S/C13H12F3N3O2/c14-13(15,16)7-11(20)17-8-10-18-12(21-19-10)6-9-4-2-1-3-5-9/h1-5H,6-8H2,(H,17,20). The quantitative estimate of drug-likeness (QED) is 0.919. The number of aromatic nitrogens is 2. The lowest BCUT2D eigenvalue weighted by Gasteiger charge is -2.05. The van der Waals surface area contributed by atoms with Crippen molar-refractivity contribution < 1.29 is 22.5 Å². The molecule has 0 spiro atoms. The lowest BCUT2D eigenvalue weighted by atomic mass is 10.1. The van der Waals surface area contributed by atoms with E-state index in [0.717, 1.165) is 5.56 Å². The third-order valence-corrected chi connectivity index (χ3v) is 2.51. The highest BCUT2D eigenvalue weighted by Gasteiger charge is 2.31. The van der Waals surface area contributed by atoms with Gasteiger partial charge in [-0.3, -0.25) is 4.79 Å². The molecule has 21 heavy (non-hydrogen) atoms. The van der Waals surface area contributed by atoms with Gasteiger partial charge in [0.05, 0.1) is 13.0 Å². The molecule has 0 aliphatic rings. The van der Waals surface area contributed by atoms with Crippen LogP contribution in [0.2, 0.25) is 0 Å². The lowest BCUT2D eigenvalue weighted by molar-refractivity contribution is -0.153. The highest BCUT2D eigenvalue weighted by Crippen LogP contribution is 2.18. The first-order valence-electron chi connectivity index (χ1n) is 6.11. The van der Waals surface area contributed by atoms with Crippen LogP contribution in [0.25, 0.3) is 0 Å². The molecule has 2 rings (SSSR count). The van der Waals surface area contributed by atoms with E-state index in [-0.39, 0.29) is 12.4 Å². The largest absolute Gasteiger partial charge is 0.397 e. The molecule has 0 fully saturated rings. The van der Waals surface area contributed by atoms with Crippen molar-refractivity contribution in [2.45, 2.75) is 25.6 Å². The zero-order chi connectivity index (χ0) is 15.3. The minimum absolute atomic E-state index is 0.136. The van der Waals surface area contributed by atoms with Crippen molar-refractivity contribution in [2.24, 2.45) is 0 Å². The summed E-state index contributed by atoms with van der Waals surface area (Å²) in [7, 11) is 0. The molecule has 0 saturated carbocycles. The number of rotatable bonds is 5. The second kappa shape index (κ2) is 6.38. The molecule has 0 radical (unpaired) electrons. The average Bonchev–Trinajstić information content (AvgIpc) is 2.83. The number of nitrogens with zero attached hydrogens (tertiary/aromatic N) is 2. The Kier molecular flexibility index (Phi) is 4.56. The SMILES string of the molecule is O=C(CC(F)(F)F)NCc1noc(Cc2ccccc2)n1. The number of hydrogen-bond acceptors (Lipinski definition) is 4. The fourth-order valence-corrected chi connectivity index (χ4v) is 1.63. The minimum Gasteiger partial charge on any atom is -0.348 e. The van der Waals surface area contributed by atoms with E-state index in [1.165, 1.54) is 0 Å². The lowest BCUT2D eigenvalue weighted by Crippen LogP contribution is -2.28. The van der Waals surface area contributed by atoms with Crippen LogP contribution in [0.5, 0.6) is 0 Å². The van der Waals surface area contributed by atoms with E-state index in [4.69, 9.17) is 4.52 Å². The first-order chi connectivity index (χ1) is 9.92. The van der Waals surface area contributed by atoms with Crippen molar-refractivity contribution in [1.29, 1.82) is 0 Å². The van der Waals surface area contributed by atoms with E-state index in [9.17, 15) is 18.0 Å². The Morgan fingerprint density at radius 2 is 1.95 bits per heavy atom. The van der Waals surface area contributed by atoms with Crippen molar-refractivity contribution in [1.82, 2.24) is 15.5 Å². The van der Waals surface area contributed by atoms with Gasteiger partial charge in [-0.15, -0.1) is 0 Å². The van der Waals surface area contributed by atoms with Crippen molar-refractivity contribution in [3.8, 4) is 0 Å². The van der Waals surface area contributed by atoms with E-state index in [1.807, 2.05) is 30.3 Å². The number of carbonyl (C=O) groups excluding carboxylic acids is 1. The predicted octanol–water partition coefficient (Wildman–Crippen LogP) is 2.23. The first kappa shape index (κ1) is 15.0. The van der Waals surface area contributed by atoms with Gasteiger partial charge in [0, 0.05) is 0 Å². The normalized spacial score (nSPS) is 11.4. The van der Waals surface area contributed by atoms with Gasteiger partial charge in [-0.1, -0.05) is 35.5 Å². The van der Waals surface area contributed by atoms with Gasteiger partial charge in [-0.05, 0) is 5.56 Å².